The molecule has 0 aromatic heterocycles. The van der Waals surface area contributed by atoms with E-state index in [9.17, 15) is 14.0 Å². The Morgan fingerprint density at radius 3 is 2.40 bits per heavy atom. The predicted molar refractivity (Wildman–Crippen MR) is 164 cm³/mol. The van der Waals surface area contributed by atoms with Gasteiger partial charge in [0.1, 0.15) is 12.3 Å². The number of likely N-dealkylation sites (tertiary alicyclic amines) is 1. The third-order valence-corrected chi connectivity index (χ3v) is 11.1. The second kappa shape index (κ2) is 14.8. The molecule has 4 saturated heterocycles. The molecule has 5 rings (SSSR count). The van der Waals surface area contributed by atoms with Gasteiger partial charge in [-0.05, 0) is 70.4 Å². The molecule has 0 radical (unpaired) electrons. The zero-order valence-electron chi connectivity index (χ0n) is 26.0. The number of nitrogens with two attached hydrogens (primary N) is 2. The van der Waals surface area contributed by atoms with Gasteiger partial charge in [-0.25, -0.2) is 8.78 Å². The molecule has 4 aliphatic heterocycles. The lowest BCUT2D eigenvalue weighted by atomic mass is 9.65. The van der Waals surface area contributed by atoms with Gasteiger partial charge in [0.15, 0.2) is 0 Å². The minimum Gasteiger partial charge on any atom is -0.350 e. The van der Waals surface area contributed by atoms with E-state index in [0.717, 1.165) is 58.2 Å². The zero-order chi connectivity index (χ0) is 30.6. The Morgan fingerprint density at radius 2 is 1.70 bits per heavy atom. The topological polar surface area (TPSA) is 141 Å². The van der Waals surface area contributed by atoms with Crippen LogP contribution in [0.2, 0.25) is 0 Å². The lowest BCUT2D eigenvalue weighted by Gasteiger charge is -2.47. The molecule has 0 bridgehead atoms. The fraction of sp³-hybridized carbons (Fsp3) is 0.935. The molecular formula is C31H56F2N8O2. The number of amides is 2. The fourth-order valence-corrected chi connectivity index (χ4v) is 8.72. The second-order valence-electron chi connectivity index (χ2n) is 14.2. The number of halogens is 2. The molecule has 1 aliphatic carbocycles. The number of rotatable bonds is 6. The second-order valence-corrected chi connectivity index (χ2v) is 14.2. The van der Waals surface area contributed by atoms with Crippen molar-refractivity contribution in [2.75, 3.05) is 52.4 Å². The van der Waals surface area contributed by atoms with Crippen LogP contribution in [0.5, 0.6) is 0 Å². The smallest absolute Gasteiger partial charge is 0.227 e. The Balaban J connectivity index is 1.24. The van der Waals surface area contributed by atoms with Crippen molar-refractivity contribution in [2.24, 2.45) is 28.7 Å². The Bertz CT molecular complexity index is 929. The van der Waals surface area contributed by atoms with Gasteiger partial charge in [0.05, 0.1) is 24.2 Å². The van der Waals surface area contributed by atoms with Gasteiger partial charge in [0.2, 0.25) is 11.8 Å². The Labute approximate surface area is 256 Å². The quantitative estimate of drug-likeness (QED) is 0.241. The molecule has 12 heteroatoms. The van der Waals surface area contributed by atoms with Crippen molar-refractivity contribution in [2.45, 2.75) is 114 Å². The van der Waals surface area contributed by atoms with E-state index in [-0.39, 0.29) is 42.3 Å². The standard InChI is InChI=1S/C31H56F2N8O2/c1-20-19-41(14-11-37-20)30(43)21-6-12-40(13-7-21)27-23(33)17-36-18-25(27)39-29(42)26(28(34)35)24-15-31(8-3-2-4-9-31)10-5-22(32)16-38-24/h20-28,36-38H,2-19,34-35H2,1H3,(H,39,42)/t20-,22?,23?,24?,25?,26?,27?/m1/s1. The van der Waals surface area contributed by atoms with Crippen LogP contribution in [0.4, 0.5) is 8.78 Å². The summed E-state index contributed by atoms with van der Waals surface area (Å²) in [5, 5.41) is 13.0. The molecule has 5 aliphatic rings. The lowest BCUT2D eigenvalue weighted by molar-refractivity contribution is -0.138. The van der Waals surface area contributed by atoms with E-state index >= 15 is 4.39 Å². The predicted octanol–water partition coefficient (Wildman–Crippen LogP) is 0.604. The van der Waals surface area contributed by atoms with Gasteiger partial charge < -0.3 is 37.6 Å². The molecule has 2 amide bonds. The van der Waals surface area contributed by atoms with Crippen molar-refractivity contribution in [1.29, 1.82) is 0 Å². The molecule has 6 unspecified atom stereocenters. The highest BCUT2D eigenvalue weighted by Gasteiger charge is 2.45. The van der Waals surface area contributed by atoms with Gasteiger partial charge in [-0.3, -0.25) is 14.5 Å². The average Bonchev–Trinajstić information content (AvgIpc) is 2.98. The van der Waals surface area contributed by atoms with Crippen molar-refractivity contribution in [3.05, 3.63) is 0 Å². The number of carbonyl (C=O) groups is 2. The number of nitrogens with zero attached hydrogens (tertiary/aromatic N) is 2. The summed E-state index contributed by atoms with van der Waals surface area (Å²) in [6.07, 6.45) is 5.93. The van der Waals surface area contributed by atoms with Crippen molar-refractivity contribution in [1.82, 2.24) is 31.1 Å². The van der Waals surface area contributed by atoms with E-state index in [1.54, 1.807) is 0 Å². The summed E-state index contributed by atoms with van der Waals surface area (Å²) in [7, 11) is 0. The zero-order valence-corrected chi connectivity index (χ0v) is 26.0. The number of alkyl halides is 2. The first-order valence-corrected chi connectivity index (χ1v) is 17.0. The van der Waals surface area contributed by atoms with Crippen LogP contribution in [-0.4, -0.2) is 117 Å². The first kappa shape index (κ1) is 32.9. The molecule has 1 saturated carbocycles. The van der Waals surface area contributed by atoms with Gasteiger partial charge in [0, 0.05) is 57.3 Å². The van der Waals surface area contributed by atoms with Gasteiger partial charge in [-0.1, -0.05) is 19.3 Å². The van der Waals surface area contributed by atoms with Crippen LogP contribution >= 0.6 is 0 Å². The van der Waals surface area contributed by atoms with Crippen LogP contribution < -0.4 is 32.7 Å². The highest BCUT2D eigenvalue weighted by atomic mass is 19.1. The molecule has 246 valence electrons. The van der Waals surface area contributed by atoms with Crippen molar-refractivity contribution in [3.8, 4) is 0 Å². The van der Waals surface area contributed by atoms with Crippen LogP contribution in [0.25, 0.3) is 0 Å². The van der Waals surface area contributed by atoms with Crippen LogP contribution in [0.1, 0.15) is 71.1 Å². The molecule has 0 aromatic rings. The summed E-state index contributed by atoms with van der Waals surface area (Å²) < 4.78 is 30.3. The molecule has 43 heavy (non-hydrogen) atoms. The highest BCUT2D eigenvalue weighted by molar-refractivity contribution is 5.81. The van der Waals surface area contributed by atoms with Gasteiger partial charge in [-0.15, -0.1) is 0 Å². The maximum Gasteiger partial charge on any atom is 0.227 e. The Hall–Kier alpha value is -1.44. The van der Waals surface area contributed by atoms with Crippen molar-refractivity contribution >= 4 is 11.8 Å². The van der Waals surface area contributed by atoms with Crippen LogP contribution in [-0.2, 0) is 9.59 Å². The summed E-state index contributed by atoms with van der Waals surface area (Å²) in [6.45, 7) is 6.42. The highest BCUT2D eigenvalue weighted by Crippen LogP contribution is 2.46. The molecule has 1 spiro atoms. The fourth-order valence-electron chi connectivity index (χ4n) is 8.72. The van der Waals surface area contributed by atoms with Crippen molar-refractivity contribution < 1.29 is 18.4 Å². The molecule has 4 heterocycles. The van der Waals surface area contributed by atoms with Gasteiger partial charge in [0.25, 0.3) is 0 Å². The van der Waals surface area contributed by atoms with Gasteiger partial charge in [-0.2, -0.15) is 0 Å². The third kappa shape index (κ3) is 8.05. The first-order valence-electron chi connectivity index (χ1n) is 17.0. The number of carbonyl (C=O) groups excluding carboxylic acids is 2. The molecule has 7 atom stereocenters. The summed E-state index contributed by atoms with van der Waals surface area (Å²) in [6, 6.07) is -1.02. The van der Waals surface area contributed by atoms with Crippen LogP contribution in [0.3, 0.4) is 0 Å². The minimum absolute atomic E-state index is 0.00240. The summed E-state index contributed by atoms with van der Waals surface area (Å²) in [5.41, 5.74) is 12.6. The van der Waals surface area contributed by atoms with E-state index in [4.69, 9.17) is 11.5 Å². The van der Waals surface area contributed by atoms with E-state index in [1.807, 2.05) is 4.90 Å². The van der Waals surface area contributed by atoms with Crippen LogP contribution in [0, 0.1) is 17.3 Å². The number of hydrogen-bond acceptors (Lipinski definition) is 8. The SMILES string of the molecule is C[C@@H]1CN(C(=O)C2CCN(C3C(F)CNCC3NC(=O)C(C(N)N)C3CC4(CCCCC4)CCC(F)CN3)CC2)CCN1. The number of piperidine rings is 2. The monoisotopic (exact) mass is 610 g/mol. The normalized spacial score (nSPS) is 35.7. The van der Waals surface area contributed by atoms with Gasteiger partial charge >= 0.3 is 0 Å². The summed E-state index contributed by atoms with van der Waals surface area (Å²) >= 11 is 0. The lowest BCUT2D eigenvalue weighted by Crippen LogP contribution is -2.68. The Morgan fingerprint density at radius 1 is 0.953 bits per heavy atom. The van der Waals surface area contributed by atoms with E-state index < -0.39 is 36.5 Å². The van der Waals surface area contributed by atoms with Crippen LogP contribution in [0.15, 0.2) is 0 Å². The third-order valence-electron chi connectivity index (χ3n) is 11.1. The maximum absolute atomic E-state index is 15.6. The van der Waals surface area contributed by atoms with E-state index in [0.29, 0.717) is 44.9 Å². The van der Waals surface area contributed by atoms with E-state index in [2.05, 4.69) is 33.1 Å². The molecular weight excluding hydrogens is 554 g/mol. The molecule has 10 nitrogen and oxygen atoms in total. The Kier molecular flexibility index (Phi) is 11.3. The summed E-state index contributed by atoms with van der Waals surface area (Å²) in [4.78, 5) is 31.3. The van der Waals surface area contributed by atoms with E-state index in [1.165, 1.54) is 6.42 Å². The van der Waals surface area contributed by atoms with Crippen molar-refractivity contribution in [3.63, 3.8) is 0 Å². The molecule has 5 fully saturated rings. The maximum atomic E-state index is 15.6. The first-order chi connectivity index (χ1) is 20.7. The average molecular weight is 611 g/mol. The molecule has 8 N–H and O–H groups in total. The summed E-state index contributed by atoms with van der Waals surface area (Å²) in [5.74, 6) is -0.892. The number of piperazine rings is 1. The number of nitrogens with one attached hydrogen (secondary N) is 4. The minimum atomic E-state index is -1.16. The molecule has 0 aromatic carbocycles. The number of hydrogen-bond donors (Lipinski definition) is 6. The largest absolute Gasteiger partial charge is 0.350 e.